The van der Waals surface area contributed by atoms with E-state index >= 15 is 0 Å². The highest BCUT2D eigenvalue weighted by Crippen LogP contribution is 2.59. The minimum absolute atomic E-state index is 0.328. The Labute approximate surface area is 123 Å². The molecule has 7 N–H and O–H groups in total. The van der Waals surface area contributed by atoms with Crippen molar-refractivity contribution in [3.05, 3.63) is 0 Å². The SMILES string of the molecule is CO[C@@]1(O)[C@@H]2O[C@]3(O)O[C@H]1[C@@H](O)[C@@]1(N=C(N)NC(=O)[C@@H]21)[C@@H]3O. The second kappa shape index (κ2) is 3.76. The molecule has 0 aromatic carbocycles. The number of hydrogen-bond donors (Lipinski definition) is 6. The van der Waals surface area contributed by atoms with Crippen molar-refractivity contribution in [3.63, 3.8) is 0 Å². The fourth-order valence-corrected chi connectivity index (χ4v) is 3.96. The van der Waals surface area contributed by atoms with Crippen molar-refractivity contribution in [2.75, 3.05) is 7.11 Å². The number of aliphatic imine (C=N–C) groups is 1. The molecule has 11 nitrogen and oxygen atoms in total. The molecule has 1 saturated carbocycles. The van der Waals surface area contributed by atoms with Crippen molar-refractivity contribution in [1.29, 1.82) is 0 Å². The van der Waals surface area contributed by atoms with Gasteiger partial charge in [0.25, 0.3) is 0 Å². The largest absolute Gasteiger partial charge is 0.387 e. The van der Waals surface area contributed by atoms with Gasteiger partial charge >= 0.3 is 5.97 Å². The lowest BCUT2D eigenvalue weighted by Gasteiger charge is -2.68. The molecule has 1 amide bonds. The molecule has 3 saturated heterocycles. The molecular weight excluding hydrogens is 302 g/mol. The summed E-state index contributed by atoms with van der Waals surface area (Å²) in [5, 5.41) is 44.1. The first-order valence-corrected chi connectivity index (χ1v) is 6.58. The normalized spacial score (nSPS) is 59.0. The Morgan fingerprint density at radius 3 is 2.59 bits per heavy atom. The maximum absolute atomic E-state index is 12.3. The Morgan fingerprint density at radius 2 is 1.95 bits per heavy atom. The second-order valence-electron chi connectivity index (χ2n) is 5.86. The molecule has 4 heterocycles. The Balaban J connectivity index is 1.99. The van der Waals surface area contributed by atoms with E-state index in [9.17, 15) is 25.2 Å². The van der Waals surface area contributed by atoms with Crippen LogP contribution in [0.15, 0.2) is 4.99 Å². The van der Waals surface area contributed by atoms with E-state index in [2.05, 4.69) is 10.3 Å². The van der Waals surface area contributed by atoms with Crippen LogP contribution in [0.2, 0.25) is 0 Å². The third-order valence-corrected chi connectivity index (χ3v) is 4.93. The number of guanidine groups is 1. The number of ether oxygens (including phenoxy) is 3. The van der Waals surface area contributed by atoms with Gasteiger partial charge in [-0.25, -0.2) is 4.99 Å². The van der Waals surface area contributed by atoms with Crippen LogP contribution in [0.25, 0.3) is 0 Å². The standard InChI is InChI=1S/C11H15N3O8/c1-20-10(18)4-2-6(16)13-8(12)14-9(2)3(15)5(10)22-11(19,21-4)7(9)17/h2-5,7,15,17-19H,1H3,(H3,12,13,14,16)/t2-,3-,4-,5+,7+,9-,10+,11+/m1/s1. The quantitative estimate of drug-likeness (QED) is 0.259. The Hall–Kier alpha value is -1.34. The van der Waals surface area contributed by atoms with Crippen LogP contribution < -0.4 is 11.1 Å². The van der Waals surface area contributed by atoms with Crippen LogP contribution in [0.4, 0.5) is 0 Å². The first-order valence-electron chi connectivity index (χ1n) is 6.58. The summed E-state index contributed by atoms with van der Waals surface area (Å²) in [4.78, 5) is 16.3. The summed E-state index contributed by atoms with van der Waals surface area (Å²) in [6, 6.07) is 0. The summed E-state index contributed by atoms with van der Waals surface area (Å²) in [6.07, 6.45) is -6.48. The topological polar surface area (TPSA) is 176 Å². The van der Waals surface area contributed by atoms with Gasteiger partial charge in [-0.05, 0) is 0 Å². The summed E-state index contributed by atoms with van der Waals surface area (Å²) in [6.45, 7) is 0. The second-order valence-corrected chi connectivity index (χ2v) is 5.86. The van der Waals surface area contributed by atoms with Gasteiger partial charge in [0.15, 0.2) is 12.1 Å². The van der Waals surface area contributed by atoms with Gasteiger partial charge in [0.1, 0.15) is 29.8 Å². The molecule has 1 spiro atoms. The highest BCUT2D eigenvalue weighted by Gasteiger charge is 2.84. The van der Waals surface area contributed by atoms with Gasteiger partial charge in [0, 0.05) is 7.11 Å². The van der Waals surface area contributed by atoms with Crippen molar-refractivity contribution in [3.8, 4) is 0 Å². The number of hydrogen-bond acceptors (Lipinski definition) is 10. The number of aliphatic hydroxyl groups is 4. The minimum atomic E-state index is -2.54. The molecule has 0 radical (unpaired) electrons. The zero-order chi connectivity index (χ0) is 16.1. The molecule has 5 rings (SSSR count). The van der Waals surface area contributed by atoms with E-state index in [4.69, 9.17) is 19.9 Å². The Morgan fingerprint density at radius 1 is 1.32 bits per heavy atom. The molecule has 5 aliphatic rings. The van der Waals surface area contributed by atoms with Crippen molar-refractivity contribution in [2.24, 2.45) is 16.6 Å². The molecule has 0 aromatic rings. The third-order valence-electron chi connectivity index (χ3n) is 4.93. The van der Waals surface area contributed by atoms with Gasteiger partial charge in [-0.1, -0.05) is 0 Å². The van der Waals surface area contributed by atoms with Crippen LogP contribution in [-0.2, 0) is 19.0 Å². The molecule has 4 fully saturated rings. The number of carbonyl (C=O) groups excluding carboxylic acids is 1. The van der Waals surface area contributed by atoms with Crippen molar-refractivity contribution in [1.82, 2.24) is 5.32 Å². The molecule has 8 atom stereocenters. The highest BCUT2D eigenvalue weighted by atomic mass is 16.9. The van der Waals surface area contributed by atoms with Gasteiger partial charge in [0.2, 0.25) is 11.7 Å². The molecule has 122 valence electrons. The van der Waals surface area contributed by atoms with E-state index in [0.29, 0.717) is 0 Å². The van der Waals surface area contributed by atoms with E-state index in [-0.39, 0.29) is 5.96 Å². The zero-order valence-corrected chi connectivity index (χ0v) is 11.3. The zero-order valence-electron chi connectivity index (χ0n) is 11.3. The molecule has 11 heteroatoms. The lowest BCUT2D eigenvalue weighted by molar-refractivity contribution is -0.562. The van der Waals surface area contributed by atoms with Crippen LogP contribution in [0.3, 0.4) is 0 Å². The number of aliphatic hydroxyl groups excluding tert-OH is 2. The minimum Gasteiger partial charge on any atom is -0.387 e. The molecule has 4 bridgehead atoms. The van der Waals surface area contributed by atoms with E-state index in [1.165, 1.54) is 0 Å². The number of rotatable bonds is 1. The van der Waals surface area contributed by atoms with Crippen molar-refractivity contribution in [2.45, 2.75) is 41.7 Å². The monoisotopic (exact) mass is 317 g/mol. The predicted molar refractivity (Wildman–Crippen MR) is 64.7 cm³/mol. The average Bonchev–Trinajstić information content (AvgIpc) is 2.45. The smallest absolute Gasteiger partial charge is 0.311 e. The molecule has 0 unspecified atom stereocenters. The lowest BCUT2D eigenvalue weighted by atomic mass is 9.58. The summed E-state index contributed by atoms with van der Waals surface area (Å²) in [5.41, 5.74) is 3.62. The summed E-state index contributed by atoms with van der Waals surface area (Å²) in [7, 11) is 1.13. The molecule has 22 heavy (non-hydrogen) atoms. The summed E-state index contributed by atoms with van der Waals surface area (Å²) in [5.74, 6) is -7.15. The summed E-state index contributed by atoms with van der Waals surface area (Å²) >= 11 is 0. The average molecular weight is 317 g/mol. The van der Waals surface area contributed by atoms with Gasteiger partial charge in [-0.2, -0.15) is 0 Å². The predicted octanol–water partition coefficient (Wildman–Crippen LogP) is -4.70. The number of nitrogens with one attached hydrogen (secondary N) is 1. The fraction of sp³-hybridized carbons (Fsp3) is 0.818. The van der Waals surface area contributed by atoms with Crippen LogP contribution in [0.1, 0.15) is 0 Å². The van der Waals surface area contributed by atoms with Crippen LogP contribution in [-0.4, -0.2) is 81.1 Å². The maximum atomic E-state index is 12.3. The first-order chi connectivity index (χ1) is 10.2. The molecule has 0 aromatic heterocycles. The van der Waals surface area contributed by atoms with Crippen LogP contribution >= 0.6 is 0 Å². The summed E-state index contributed by atoms with van der Waals surface area (Å²) < 4.78 is 15.2. The van der Waals surface area contributed by atoms with E-state index < -0.39 is 53.5 Å². The van der Waals surface area contributed by atoms with Gasteiger partial charge in [-0.15, -0.1) is 0 Å². The van der Waals surface area contributed by atoms with Crippen molar-refractivity contribution >= 4 is 11.9 Å². The van der Waals surface area contributed by atoms with Crippen LogP contribution in [0.5, 0.6) is 0 Å². The van der Waals surface area contributed by atoms with E-state index in [0.717, 1.165) is 7.11 Å². The van der Waals surface area contributed by atoms with E-state index in [1.54, 1.807) is 0 Å². The molecular formula is C11H15N3O8. The molecule has 1 aliphatic carbocycles. The van der Waals surface area contributed by atoms with Gasteiger partial charge < -0.3 is 40.4 Å². The third kappa shape index (κ3) is 1.23. The number of carbonyl (C=O) groups is 1. The number of methoxy groups -OCH3 is 1. The van der Waals surface area contributed by atoms with Gasteiger partial charge in [0.05, 0.1) is 0 Å². The Bertz CT molecular complexity index is 600. The number of amides is 1. The lowest BCUT2D eigenvalue weighted by Crippen LogP contribution is -2.92. The number of nitrogens with zero attached hydrogens (tertiary/aromatic N) is 1. The molecule has 4 aliphatic heterocycles. The van der Waals surface area contributed by atoms with E-state index in [1.807, 2.05) is 0 Å². The highest BCUT2D eigenvalue weighted by molar-refractivity contribution is 6.01. The maximum Gasteiger partial charge on any atom is 0.311 e. The first kappa shape index (κ1) is 14.3. The van der Waals surface area contributed by atoms with Gasteiger partial charge in [-0.3, -0.25) is 10.1 Å². The number of nitrogens with two attached hydrogens (primary N) is 1. The fourth-order valence-electron chi connectivity index (χ4n) is 3.96. The van der Waals surface area contributed by atoms with Crippen LogP contribution in [0, 0.1) is 5.92 Å². The Kier molecular flexibility index (Phi) is 2.44. The van der Waals surface area contributed by atoms with Crippen molar-refractivity contribution < 1.29 is 39.4 Å².